The number of H-pyrrole nitrogens is 1. The third kappa shape index (κ3) is 4.17. The monoisotopic (exact) mass is 444 g/mol. The van der Waals surface area contributed by atoms with Crippen LogP contribution in [0.1, 0.15) is 34.0 Å². The van der Waals surface area contributed by atoms with E-state index in [9.17, 15) is 4.79 Å². The zero-order valence-corrected chi connectivity index (χ0v) is 18.4. The molecule has 156 valence electrons. The highest BCUT2D eigenvalue weighted by atomic mass is 35.5. The SMILES string of the molecule is Cc1n[nH]c(C)c1OC(=O)Nc1cccc(C2CN(C)Cc3c(Cl)cc(Cl)cc32)c1. The van der Waals surface area contributed by atoms with E-state index in [0.717, 1.165) is 29.8 Å². The minimum atomic E-state index is -0.563. The standard InChI is InChI=1S/C22H22Cl2N4O2/c1-12-21(13(2)27-26-12)30-22(29)25-16-6-4-5-14(7-16)18-10-28(3)11-19-17(18)8-15(23)9-20(19)24/h4-9,18H,10-11H2,1-3H3,(H,25,29)(H,26,27). The Morgan fingerprint density at radius 3 is 2.80 bits per heavy atom. The second kappa shape index (κ2) is 8.30. The first-order valence-corrected chi connectivity index (χ1v) is 10.3. The van der Waals surface area contributed by atoms with Crippen molar-refractivity contribution in [1.29, 1.82) is 0 Å². The minimum absolute atomic E-state index is 0.0890. The van der Waals surface area contributed by atoms with Crippen LogP contribution in [0, 0.1) is 13.8 Å². The van der Waals surface area contributed by atoms with Gasteiger partial charge in [0.1, 0.15) is 5.69 Å². The number of nitrogens with zero attached hydrogens (tertiary/aromatic N) is 2. The Morgan fingerprint density at radius 1 is 1.27 bits per heavy atom. The Balaban J connectivity index is 1.59. The molecule has 8 heteroatoms. The molecule has 1 aliphatic rings. The van der Waals surface area contributed by atoms with Gasteiger partial charge in [-0.05, 0) is 61.9 Å². The van der Waals surface area contributed by atoms with E-state index in [1.54, 1.807) is 19.9 Å². The van der Waals surface area contributed by atoms with E-state index in [0.29, 0.717) is 32.9 Å². The largest absolute Gasteiger partial charge is 0.417 e. The van der Waals surface area contributed by atoms with E-state index < -0.39 is 6.09 Å². The Hall–Kier alpha value is -2.54. The van der Waals surface area contributed by atoms with Gasteiger partial charge in [0, 0.05) is 34.7 Å². The lowest BCUT2D eigenvalue weighted by molar-refractivity contribution is 0.214. The highest BCUT2D eigenvalue weighted by Crippen LogP contribution is 2.38. The van der Waals surface area contributed by atoms with Crippen molar-refractivity contribution < 1.29 is 9.53 Å². The van der Waals surface area contributed by atoms with Gasteiger partial charge >= 0.3 is 6.09 Å². The van der Waals surface area contributed by atoms with Gasteiger partial charge < -0.3 is 9.64 Å². The molecule has 3 aromatic rings. The van der Waals surface area contributed by atoms with Gasteiger partial charge in [-0.1, -0.05) is 35.3 Å². The molecule has 1 aromatic heterocycles. The number of rotatable bonds is 3. The summed E-state index contributed by atoms with van der Waals surface area (Å²) in [6.45, 7) is 5.18. The number of anilines is 1. The molecule has 0 saturated carbocycles. The summed E-state index contributed by atoms with van der Waals surface area (Å²) in [5.41, 5.74) is 5.26. The third-order valence-corrected chi connectivity index (χ3v) is 5.84. The van der Waals surface area contributed by atoms with Crippen molar-refractivity contribution in [1.82, 2.24) is 15.1 Å². The van der Waals surface area contributed by atoms with Gasteiger partial charge in [-0.15, -0.1) is 0 Å². The molecule has 1 amide bonds. The van der Waals surface area contributed by atoms with Crippen molar-refractivity contribution >= 4 is 35.0 Å². The molecular weight excluding hydrogens is 423 g/mol. The molecular formula is C22H22Cl2N4O2. The number of hydrogen-bond donors (Lipinski definition) is 2. The number of halogens is 2. The Morgan fingerprint density at radius 2 is 2.07 bits per heavy atom. The van der Waals surface area contributed by atoms with Crippen LogP contribution in [-0.2, 0) is 6.54 Å². The van der Waals surface area contributed by atoms with Crippen LogP contribution in [0.4, 0.5) is 10.5 Å². The van der Waals surface area contributed by atoms with Crippen LogP contribution in [-0.4, -0.2) is 34.8 Å². The second-order valence-corrected chi connectivity index (χ2v) is 8.45. The third-order valence-electron chi connectivity index (χ3n) is 5.28. The summed E-state index contributed by atoms with van der Waals surface area (Å²) in [7, 11) is 2.07. The van der Waals surface area contributed by atoms with Crippen molar-refractivity contribution in [2.24, 2.45) is 0 Å². The highest BCUT2D eigenvalue weighted by Gasteiger charge is 2.27. The molecule has 1 atom stereocenters. The van der Waals surface area contributed by atoms with Gasteiger partial charge in [-0.3, -0.25) is 10.4 Å². The van der Waals surface area contributed by atoms with E-state index in [1.165, 1.54) is 0 Å². The number of hydrogen-bond acceptors (Lipinski definition) is 4. The molecule has 1 aliphatic heterocycles. The Bertz CT molecular complexity index is 1090. The van der Waals surface area contributed by atoms with Crippen molar-refractivity contribution in [3.05, 3.63) is 74.5 Å². The second-order valence-electron chi connectivity index (χ2n) is 7.61. The number of amides is 1. The molecule has 30 heavy (non-hydrogen) atoms. The van der Waals surface area contributed by atoms with E-state index in [-0.39, 0.29) is 5.92 Å². The number of aromatic nitrogens is 2. The number of nitrogens with one attached hydrogen (secondary N) is 2. The predicted molar refractivity (Wildman–Crippen MR) is 119 cm³/mol. The van der Waals surface area contributed by atoms with Crippen LogP contribution in [0.15, 0.2) is 36.4 Å². The number of aromatic amines is 1. The van der Waals surface area contributed by atoms with Crippen LogP contribution in [0.25, 0.3) is 0 Å². The lowest BCUT2D eigenvalue weighted by atomic mass is 9.84. The molecule has 6 nitrogen and oxygen atoms in total. The van der Waals surface area contributed by atoms with Crippen molar-refractivity contribution in [2.45, 2.75) is 26.3 Å². The molecule has 0 radical (unpaired) electrons. The van der Waals surface area contributed by atoms with E-state index >= 15 is 0 Å². The van der Waals surface area contributed by atoms with Gasteiger partial charge in [0.2, 0.25) is 0 Å². The molecule has 0 aliphatic carbocycles. The van der Waals surface area contributed by atoms with Gasteiger partial charge in [0.25, 0.3) is 0 Å². The smallest absolute Gasteiger partial charge is 0.406 e. The van der Waals surface area contributed by atoms with Crippen LogP contribution in [0.3, 0.4) is 0 Å². The number of benzene rings is 2. The average Bonchev–Trinajstić information content (AvgIpc) is 3.00. The lowest BCUT2D eigenvalue weighted by Crippen LogP contribution is -2.31. The fraction of sp³-hybridized carbons (Fsp3) is 0.273. The molecule has 0 bridgehead atoms. The zero-order valence-electron chi connectivity index (χ0n) is 16.9. The normalized spacial score (nSPS) is 16.2. The molecule has 4 rings (SSSR count). The summed E-state index contributed by atoms with van der Waals surface area (Å²) in [5, 5.41) is 10.9. The quantitative estimate of drug-likeness (QED) is 0.557. The summed E-state index contributed by atoms with van der Waals surface area (Å²) < 4.78 is 5.42. The van der Waals surface area contributed by atoms with Crippen LogP contribution < -0.4 is 10.1 Å². The maximum absolute atomic E-state index is 12.4. The summed E-state index contributed by atoms with van der Waals surface area (Å²) in [6.07, 6.45) is -0.563. The van der Waals surface area contributed by atoms with Gasteiger partial charge in [-0.25, -0.2) is 4.79 Å². The fourth-order valence-electron chi connectivity index (χ4n) is 3.89. The number of aryl methyl sites for hydroxylation is 2. The molecule has 2 heterocycles. The van der Waals surface area contributed by atoms with Crippen LogP contribution >= 0.6 is 23.2 Å². The van der Waals surface area contributed by atoms with Gasteiger partial charge in [0.15, 0.2) is 5.75 Å². The summed E-state index contributed by atoms with van der Waals surface area (Å²) in [5.74, 6) is 0.529. The first-order chi connectivity index (χ1) is 14.3. The highest BCUT2D eigenvalue weighted by molar-refractivity contribution is 6.35. The van der Waals surface area contributed by atoms with Crippen LogP contribution in [0.5, 0.6) is 5.75 Å². The lowest BCUT2D eigenvalue weighted by Gasteiger charge is -2.33. The Labute approximate surface area is 185 Å². The molecule has 0 spiro atoms. The Kier molecular flexibility index (Phi) is 5.73. The van der Waals surface area contributed by atoms with Gasteiger partial charge in [-0.2, -0.15) is 5.10 Å². The van der Waals surface area contributed by atoms with Crippen LogP contribution in [0.2, 0.25) is 10.0 Å². The fourth-order valence-corrected chi connectivity index (χ4v) is 4.46. The summed E-state index contributed by atoms with van der Waals surface area (Å²) in [4.78, 5) is 14.6. The predicted octanol–water partition coefficient (Wildman–Crippen LogP) is 5.52. The topological polar surface area (TPSA) is 70.2 Å². The minimum Gasteiger partial charge on any atom is -0.406 e. The number of likely N-dealkylation sites (N-methyl/N-ethyl adjacent to an activating group) is 1. The van der Waals surface area contributed by atoms with E-state index in [1.807, 2.05) is 30.3 Å². The number of carbonyl (C=O) groups excluding carboxylic acids is 1. The maximum atomic E-state index is 12.4. The number of carbonyl (C=O) groups is 1. The molecule has 0 fully saturated rings. The molecule has 1 unspecified atom stereocenters. The molecule has 2 aromatic carbocycles. The summed E-state index contributed by atoms with van der Waals surface area (Å²) >= 11 is 12.8. The maximum Gasteiger partial charge on any atom is 0.417 e. The van der Waals surface area contributed by atoms with Gasteiger partial charge in [0.05, 0.1) is 5.69 Å². The van der Waals surface area contributed by atoms with Crippen molar-refractivity contribution in [2.75, 3.05) is 18.9 Å². The first-order valence-electron chi connectivity index (χ1n) is 9.58. The first kappa shape index (κ1) is 20.7. The molecule has 2 N–H and O–H groups in total. The zero-order chi connectivity index (χ0) is 21.4. The van der Waals surface area contributed by atoms with E-state index in [2.05, 4.69) is 27.5 Å². The number of ether oxygens (including phenoxy) is 1. The van der Waals surface area contributed by atoms with Crippen molar-refractivity contribution in [3.8, 4) is 5.75 Å². The average molecular weight is 445 g/mol. The number of fused-ring (bicyclic) bond motifs is 1. The van der Waals surface area contributed by atoms with E-state index in [4.69, 9.17) is 27.9 Å². The van der Waals surface area contributed by atoms with Crippen molar-refractivity contribution in [3.63, 3.8) is 0 Å². The molecule has 0 saturated heterocycles. The summed E-state index contributed by atoms with van der Waals surface area (Å²) in [6, 6.07) is 11.5.